The standard InChI is InChI=1S/C30H23NO2/c1-3-7-22(8-4-1)20-32-26-14-11-24(12-15-26)27-19-25-13-18-30(29-17-16-28(27)31(25)29)33-21-23-9-5-2-6-10-23/h1-19H,20-21H2. The van der Waals surface area contributed by atoms with E-state index < -0.39 is 0 Å². The molecule has 0 aliphatic heterocycles. The molecule has 0 atom stereocenters. The highest BCUT2D eigenvalue weighted by Gasteiger charge is 2.14. The molecular weight excluding hydrogens is 406 g/mol. The lowest BCUT2D eigenvalue weighted by atomic mass is 10.1. The molecule has 0 unspecified atom stereocenters. The third-order valence-corrected chi connectivity index (χ3v) is 6.02. The van der Waals surface area contributed by atoms with E-state index in [0.717, 1.165) is 33.7 Å². The summed E-state index contributed by atoms with van der Waals surface area (Å²) in [7, 11) is 0. The largest absolute Gasteiger partial charge is 0.489 e. The molecular formula is C30H23NO2. The molecule has 0 N–H and O–H groups in total. The molecule has 3 aromatic heterocycles. The second-order valence-corrected chi connectivity index (χ2v) is 8.19. The van der Waals surface area contributed by atoms with E-state index in [0.29, 0.717) is 13.2 Å². The van der Waals surface area contributed by atoms with Crippen LogP contribution in [0.1, 0.15) is 11.1 Å². The van der Waals surface area contributed by atoms with Gasteiger partial charge in [-0.25, -0.2) is 0 Å². The van der Waals surface area contributed by atoms with Crippen molar-refractivity contribution in [2.75, 3.05) is 0 Å². The molecule has 0 aliphatic rings. The number of ether oxygens (including phenoxy) is 2. The van der Waals surface area contributed by atoms with Gasteiger partial charge in [-0.15, -0.1) is 0 Å². The molecule has 3 heteroatoms. The lowest BCUT2D eigenvalue weighted by Crippen LogP contribution is -1.96. The summed E-state index contributed by atoms with van der Waals surface area (Å²) in [6.07, 6.45) is 0. The van der Waals surface area contributed by atoms with Gasteiger partial charge in [-0.1, -0.05) is 72.8 Å². The Hall–Kier alpha value is -4.24. The van der Waals surface area contributed by atoms with Gasteiger partial charge in [0.2, 0.25) is 0 Å². The van der Waals surface area contributed by atoms with Crippen molar-refractivity contribution in [3.63, 3.8) is 0 Å². The van der Waals surface area contributed by atoms with Crippen LogP contribution in [0.4, 0.5) is 0 Å². The third-order valence-electron chi connectivity index (χ3n) is 6.02. The summed E-state index contributed by atoms with van der Waals surface area (Å²) in [6.45, 7) is 1.13. The molecule has 160 valence electrons. The van der Waals surface area contributed by atoms with Crippen LogP contribution in [-0.2, 0) is 13.2 Å². The number of aromatic nitrogens is 1. The van der Waals surface area contributed by atoms with Crippen molar-refractivity contribution in [3.05, 3.63) is 126 Å². The van der Waals surface area contributed by atoms with Gasteiger partial charge in [-0.05, 0) is 59.2 Å². The monoisotopic (exact) mass is 429 g/mol. The van der Waals surface area contributed by atoms with E-state index in [1.165, 1.54) is 16.6 Å². The van der Waals surface area contributed by atoms with Crippen molar-refractivity contribution in [2.24, 2.45) is 0 Å². The van der Waals surface area contributed by atoms with Gasteiger partial charge in [0.25, 0.3) is 0 Å². The Balaban J connectivity index is 1.25. The zero-order valence-corrected chi connectivity index (χ0v) is 18.1. The molecule has 0 saturated heterocycles. The molecule has 0 spiro atoms. The van der Waals surface area contributed by atoms with E-state index in [-0.39, 0.29) is 0 Å². The Morgan fingerprint density at radius 2 is 1.18 bits per heavy atom. The van der Waals surface area contributed by atoms with E-state index in [2.05, 4.69) is 71.1 Å². The molecule has 3 aromatic carbocycles. The fourth-order valence-corrected chi connectivity index (χ4v) is 4.33. The van der Waals surface area contributed by atoms with Gasteiger partial charge in [0.15, 0.2) is 0 Å². The number of rotatable bonds is 7. The SMILES string of the molecule is c1ccc(COc2ccc(-c3cc4ccc(OCc5ccccc5)c5ccc3n45)cc2)cc1. The molecule has 0 radical (unpaired) electrons. The number of pyridine rings is 1. The minimum atomic E-state index is 0.557. The predicted molar refractivity (Wildman–Crippen MR) is 133 cm³/mol. The summed E-state index contributed by atoms with van der Waals surface area (Å²) < 4.78 is 14.4. The van der Waals surface area contributed by atoms with Crippen LogP contribution in [0.3, 0.4) is 0 Å². The molecule has 0 saturated carbocycles. The normalized spacial score (nSPS) is 11.3. The van der Waals surface area contributed by atoms with Gasteiger partial charge in [-0.2, -0.15) is 0 Å². The quantitative estimate of drug-likeness (QED) is 0.265. The highest BCUT2D eigenvalue weighted by atomic mass is 16.5. The molecule has 0 bridgehead atoms. The minimum absolute atomic E-state index is 0.557. The summed E-state index contributed by atoms with van der Waals surface area (Å²) >= 11 is 0. The van der Waals surface area contributed by atoms with E-state index >= 15 is 0 Å². The van der Waals surface area contributed by atoms with Crippen LogP contribution in [0.5, 0.6) is 11.5 Å². The van der Waals surface area contributed by atoms with E-state index in [4.69, 9.17) is 9.47 Å². The fraction of sp³-hybridized carbons (Fsp3) is 0.0667. The molecule has 0 aliphatic carbocycles. The second kappa shape index (κ2) is 8.36. The Morgan fingerprint density at radius 3 is 1.88 bits per heavy atom. The zero-order valence-electron chi connectivity index (χ0n) is 18.1. The first-order chi connectivity index (χ1) is 16.3. The van der Waals surface area contributed by atoms with Crippen LogP contribution >= 0.6 is 0 Å². The van der Waals surface area contributed by atoms with Gasteiger partial charge in [0.1, 0.15) is 24.7 Å². The maximum Gasteiger partial charge on any atom is 0.143 e. The maximum atomic E-state index is 6.16. The first-order valence-corrected chi connectivity index (χ1v) is 11.2. The molecule has 3 nitrogen and oxygen atoms in total. The molecule has 0 amide bonds. The Labute approximate surface area is 192 Å². The number of hydrogen-bond donors (Lipinski definition) is 0. The van der Waals surface area contributed by atoms with Crippen LogP contribution in [0.15, 0.2) is 115 Å². The summed E-state index contributed by atoms with van der Waals surface area (Å²) in [5, 5.41) is 0. The molecule has 3 heterocycles. The van der Waals surface area contributed by atoms with Crippen LogP contribution in [-0.4, -0.2) is 4.40 Å². The summed E-state index contributed by atoms with van der Waals surface area (Å²) in [4.78, 5) is 0. The van der Waals surface area contributed by atoms with Crippen LogP contribution in [0.2, 0.25) is 0 Å². The highest BCUT2D eigenvalue weighted by Crippen LogP contribution is 2.36. The van der Waals surface area contributed by atoms with E-state index in [9.17, 15) is 0 Å². The third kappa shape index (κ3) is 3.79. The van der Waals surface area contributed by atoms with Crippen molar-refractivity contribution < 1.29 is 9.47 Å². The smallest absolute Gasteiger partial charge is 0.143 e. The summed E-state index contributed by atoms with van der Waals surface area (Å²) in [5.41, 5.74) is 8.14. The molecule has 33 heavy (non-hydrogen) atoms. The summed E-state index contributed by atoms with van der Waals surface area (Å²) in [6, 6.07) is 39.6. The van der Waals surface area contributed by atoms with Crippen molar-refractivity contribution in [1.29, 1.82) is 0 Å². The maximum absolute atomic E-state index is 6.16. The number of benzene rings is 3. The van der Waals surface area contributed by atoms with Crippen molar-refractivity contribution in [2.45, 2.75) is 13.2 Å². The van der Waals surface area contributed by atoms with Crippen LogP contribution in [0.25, 0.3) is 27.7 Å². The topological polar surface area (TPSA) is 22.9 Å². The average molecular weight is 430 g/mol. The average Bonchev–Trinajstić information content (AvgIpc) is 3.48. The highest BCUT2D eigenvalue weighted by molar-refractivity contribution is 5.92. The van der Waals surface area contributed by atoms with Gasteiger partial charge < -0.3 is 13.9 Å². The molecule has 0 fully saturated rings. The van der Waals surface area contributed by atoms with E-state index in [1.54, 1.807) is 0 Å². The Morgan fingerprint density at radius 1 is 0.545 bits per heavy atom. The van der Waals surface area contributed by atoms with Crippen LogP contribution < -0.4 is 9.47 Å². The van der Waals surface area contributed by atoms with Crippen molar-refractivity contribution in [3.8, 4) is 22.6 Å². The molecule has 6 aromatic rings. The zero-order chi connectivity index (χ0) is 22.0. The van der Waals surface area contributed by atoms with Gasteiger partial charge in [0, 0.05) is 11.1 Å². The summed E-state index contributed by atoms with van der Waals surface area (Å²) in [5.74, 6) is 1.77. The Kier molecular flexibility index (Phi) is 4.93. The second-order valence-electron chi connectivity index (χ2n) is 8.19. The Bertz CT molecular complexity index is 1490. The fourth-order valence-electron chi connectivity index (χ4n) is 4.33. The lowest BCUT2D eigenvalue weighted by Gasteiger charge is -2.08. The predicted octanol–water partition coefficient (Wildman–Crippen LogP) is 7.36. The number of hydrogen-bond acceptors (Lipinski definition) is 2. The van der Waals surface area contributed by atoms with Gasteiger partial charge in [-0.3, -0.25) is 0 Å². The minimum Gasteiger partial charge on any atom is -0.489 e. The first-order valence-electron chi connectivity index (χ1n) is 11.2. The number of nitrogens with zero attached hydrogens (tertiary/aromatic N) is 1. The first kappa shape index (κ1) is 19.4. The van der Waals surface area contributed by atoms with Gasteiger partial charge >= 0.3 is 0 Å². The van der Waals surface area contributed by atoms with E-state index in [1.807, 2.05) is 48.5 Å². The van der Waals surface area contributed by atoms with Gasteiger partial charge in [0.05, 0.1) is 11.0 Å². The molecule has 6 rings (SSSR count). The van der Waals surface area contributed by atoms with Crippen molar-refractivity contribution in [1.82, 2.24) is 4.40 Å². The van der Waals surface area contributed by atoms with Crippen LogP contribution in [0, 0.1) is 0 Å². The lowest BCUT2D eigenvalue weighted by molar-refractivity contribution is 0.306. The van der Waals surface area contributed by atoms with Crippen molar-refractivity contribution >= 4 is 16.6 Å².